The predicted molar refractivity (Wildman–Crippen MR) is 146 cm³/mol. The van der Waals surface area contributed by atoms with Crippen LogP contribution in [0.15, 0.2) is 75.0 Å². The molecule has 10 nitrogen and oxygen atoms in total. The molecule has 5 rings (SSSR count). The van der Waals surface area contributed by atoms with E-state index in [0.717, 1.165) is 10.1 Å². The number of carbonyl (C=O) groups is 1. The Labute approximate surface area is 226 Å². The second-order valence-electron chi connectivity index (χ2n) is 8.20. The van der Waals surface area contributed by atoms with Gasteiger partial charge in [0.2, 0.25) is 5.82 Å². The molecule has 11 heteroatoms. The van der Waals surface area contributed by atoms with Crippen molar-refractivity contribution in [1.82, 2.24) is 9.66 Å². The summed E-state index contributed by atoms with van der Waals surface area (Å²) in [6, 6.07) is 17.3. The summed E-state index contributed by atoms with van der Waals surface area (Å²) in [6.07, 6.45) is 1.43. The van der Waals surface area contributed by atoms with Crippen LogP contribution < -0.4 is 19.8 Å². The van der Waals surface area contributed by atoms with Gasteiger partial charge in [0.1, 0.15) is 11.3 Å². The number of furan rings is 1. The monoisotopic (exact) mass is 547 g/mol. The molecular weight excluding hydrogens is 526 g/mol. The van der Waals surface area contributed by atoms with Gasteiger partial charge in [-0.25, -0.2) is 9.78 Å². The molecule has 0 aliphatic heterocycles. The molecule has 2 heterocycles. The Balaban J connectivity index is 1.62. The Morgan fingerprint density at radius 2 is 1.82 bits per heavy atom. The number of para-hydroxylation sites is 1. The normalized spacial score (nSPS) is 11.3. The molecule has 0 saturated carbocycles. The van der Waals surface area contributed by atoms with E-state index in [1.165, 1.54) is 20.4 Å². The lowest BCUT2D eigenvalue weighted by atomic mass is 10.2. The minimum absolute atomic E-state index is 0.170. The van der Waals surface area contributed by atoms with Crippen molar-refractivity contribution in [3.8, 4) is 28.8 Å². The molecule has 0 spiro atoms. The molecule has 2 aromatic heterocycles. The number of ether oxygens (including phenoxy) is 4. The summed E-state index contributed by atoms with van der Waals surface area (Å²) in [5.74, 6) is 1.01. The number of nitrogens with zero attached hydrogens (tertiary/aromatic N) is 3. The maximum atomic E-state index is 13.5. The molecule has 0 radical (unpaired) electrons. The number of hydrogen-bond acceptors (Lipinski definition) is 9. The van der Waals surface area contributed by atoms with Crippen LogP contribution in [0.25, 0.3) is 33.5 Å². The minimum Gasteiger partial charge on any atom is -0.496 e. The van der Waals surface area contributed by atoms with Crippen molar-refractivity contribution in [1.29, 1.82) is 0 Å². The third-order valence-corrected chi connectivity index (χ3v) is 6.13. The van der Waals surface area contributed by atoms with E-state index in [-0.39, 0.29) is 29.0 Å². The highest BCUT2D eigenvalue weighted by atomic mass is 35.5. The number of rotatable bonds is 8. The van der Waals surface area contributed by atoms with Gasteiger partial charge in [-0.2, -0.15) is 9.78 Å². The van der Waals surface area contributed by atoms with Crippen LogP contribution in [0.4, 0.5) is 0 Å². The summed E-state index contributed by atoms with van der Waals surface area (Å²) >= 11 is 6.41. The lowest BCUT2D eigenvalue weighted by Gasteiger charge is -2.12. The van der Waals surface area contributed by atoms with E-state index in [1.807, 2.05) is 12.1 Å². The fraction of sp³-hybridized carbons (Fsp3) is 0.143. The van der Waals surface area contributed by atoms with Gasteiger partial charge in [-0.1, -0.05) is 29.8 Å². The SMILES string of the molecule is COC(=O)COc1c(Cl)cc(C=Nn2c(-c3cc4c(OC)cccc4o3)nc3ccccc3c2=O)cc1OC. The molecular formula is C28H22ClN3O7. The zero-order chi connectivity index (χ0) is 27.5. The van der Waals surface area contributed by atoms with Crippen molar-refractivity contribution in [3.05, 3.63) is 81.6 Å². The zero-order valence-corrected chi connectivity index (χ0v) is 21.9. The van der Waals surface area contributed by atoms with Crippen LogP contribution in [0.2, 0.25) is 5.02 Å². The molecule has 0 saturated heterocycles. The molecule has 0 bridgehead atoms. The highest BCUT2D eigenvalue weighted by Crippen LogP contribution is 2.36. The van der Waals surface area contributed by atoms with Crippen molar-refractivity contribution in [2.75, 3.05) is 27.9 Å². The average molecular weight is 548 g/mol. The van der Waals surface area contributed by atoms with Gasteiger partial charge in [0.25, 0.3) is 5.56 Å². The number of carbonyl (C=O) groups excluding carboxylic acids is 1. The molecule has 0 fully saturated rings. The Kier molecular flexibility index (Phi) is 7.20. The lowest BCUT2D eigenvalue weighted by Crippen LogP contribution is -2.20. The molecule has 198 valence electrons. The fourth-order valence-electron chi connectivity index (χ4n) is 3.98. The van der Waals surface area contributed by atoms with Crippen LogP contribution in [-0.4, -0.2) is 49.8 Å². The summed E-state index contributed by atoms with van der Waals surface area (Å²) in [7, 11) is 4.26. The highest BCUT2D eigenvalue weighted by Gasteiger charge is 2.18. The molecule has 0 unspecified atom stereocenters. The van der Waals surface area contributed by atoms with Crippen molar-refractivity contribution >= 4 is 45.7 Å². The zero-order valence-electron chi connectivity index (χ0n) is 21.1. The number of fused-ring (bicyclic) bond motifs is 2. The van der Waals surface area contributed by atoms with Crippen molar-refractivity contribution < 1.29 is 28.2 Å². The second-order valence-corrected chi connectivity index (χ2v) is 8.60. The first kappa shape index (κ1) is 25.8. The lowest BCUT2D eigenvalue weighted by molar-refractivity contribution is -0.142. The third-order valence-electron chi connectivity index (χ3n) is 5.85. The Morgan fingerprint density at radius 1 is 1.03 bits per heavy atom. The number of halogens is 1. The molecule has 5 aromatic rings. The second kappa shape index (κ2) is 10.9. The van der Waals surface area contributed by atoms with Crippen LogP contribution in [0.1, 0.15) is 5.56 Å². The number of hydrogen-bond donors (Lipinski definition) is 0. The van der Waals surface area contributed by atoms with E-state index in [9.17, 15) is 9.59 Å². The smallest absolute Gasteiger partial charge is 0.343 e. The van der Waals surface area contributed by atoms with Crippen molar-refractivity contribution in [3.63, 3.8) is 0 Å². The molecule has 0 aliphatic carbocycles. The Morgan fingerprint density at radius 3 is 2.59 bits per heavy atom. The van der Waals surface area contributed by atoms with Crippen molar-refractivity contribution in [2.45, 2.75) is 0 Å². The van der Waals surface area contributed by atoms with E-state index in [1.54, 1.807) is 55.6 Å². The predicted octanol–water partition coefficient (Wildman–Crippen LogP) is 4.91. The van der Waals surface area contributed by atoms with Gasteiger partial charge in [-0.15, -0.1) is 0 Å². The summed E-state index contributed by atoms with van der Waals surface area (Å²) in [4.78, 5) is 29.7. The maximum absolute atomic E-state index is 13.5. The quantitative estimate of drug-likeness (QED) is 0.199. The standard InChI is InChI=1S/C28H22ClN3O7/c1-35-21-9-6-10-22-18(21)13-24(39-22)27-31-20-8-5-4-7-17(20)28(34)32(27)30-14-16-11-19(29)26(23(12-16)36-2)38-15-25(33)37-3/h4-14H,15H2,1-3H3. The van der Waals surface area contributed by atoms with Gasteiger partial charge in [0, 0.05) is 0 Å². The molecule has 39 heavy (non-hydrogen) atoms. The number of benzene rings is 3. The maximum Gasteiger partial charge on any atom is 0.343 e. The minimum atomic E-state index is -0.572. The first-order valence-corrected chi connectivity index (χ1v) is 12.0. The van der Waals surface area contributed by atoms with Gasteiger partial charge in [0.05, 0.1) is 48.9 Å². The molecule has 0 amide bonds. The van der Waals surface area contributed by atoms with Gasteiger partial charge < -0.3 is 23.4 Å². The largest absolute Gasteiger partial charge is 0.496 e. The highest BCUT2D eigenvalue weighted by molar-refractivity contribution is 6.32. The average Bonchev–Trinajstić information content (AvgIpc) is 3.40. The van der Waals surface area contributed by atoms with Gasteiger partial charge >= 0.3 is 5.97 Å². The fourth-order valence-corrected chi connectivity index (χ4v) is 4.26. The molecule has 0 N–H and O–H groups in total. The van der Waals surface area contributed by atoms with Crippen LogP contribution in [0.5, 0.6) is 17.2 Å². The van der Waals surface area contributed by atoms with Gasteiger partial charge in [0.15, 0.2) is 23.9 Å². The Bertz CT molecular complexity index is 1790. The van der Waals surface area contributed by atoms with Crippen LogP contribution >= 0.6 is 11.6 Å². The van der Waals surface area contributed by atoms with Crippen LogP contribution in [0.3, 0.4) is 0 Å². The number of aromatic nitrogens is 2. The summed E-state index contributed by atoms with van der Waals surface area (Å²) < 4.78 is 28.1. The summed E-state index contributed by atoms with van der Waals surface area (Å²) in [6.45, 7) is -0.343. The third kappa shape index (κ3) is 5.01. The first-order chi connectivity index (χ1) is 18.9. The van der Waals surface area contributed by atoms with E-state index >= 15 is 0 Å². The number of methoxy groups -OCH3 is 3. The van der Waals surface area contributed by atoms with Crippen molar-refractivity contribution in [2.24, 2.45) is 5.10 Å². The Hall–Kier alpha value is -4.83. The van der Waals surface area contributed by atoms with E-state index < -0.39 is 11.5 Å². The molecule has 0 atom stereocenters. The van der Waals surface area contributed by atoms with E-state index in [2.05, 4.69) is 14.8 Å². The molecule has 3 aromatic carbocycles. The summed E-state index contributed by atoms with van der Waals surface area (Å²) in [5, 5.41) is 5.73. The van der Waals surface area contributed by atoms with Gasteiger partial charge in [-0.05, 0) is 48.0 Å². The summed E-state index contributed by atoms with van der Waals surface area (Å²) in [5.41, 5.74) is 1.17. The van der Waals surface area contributed by atoms with E-state index in [4.69, 9.17) is 30.2 Å². The van der Waals surface area contributed by atoms with Crippen LogP contribution in [0, 0.1) is 0 Å². The molecule has 0 aliphatic rings. The topological polar surface area (TPSA) is 114 Å². The van der Waals surface area contributed by atoms with Gasteiger partial charge in [-0.3, -0.25) is 4.79 Å². The number of esters is 1. The van der Waals surface area contributed by atoms with Crippen LogP contribution in [-0.2, 0) is 9.53 Å². The van der Waals surface area contributed by atoms with E-state index in [0.29, 0.717) is 33.6 Å². The first-order valence-electron chi connectivity index (χ1n) is 11.6.